The van der Waals surface area contributed by atoms with Crippen LogP contribution in [0, 0.1) is 0 Å². The first-order valence-electron chi connectivity index (χ1n) is 6.67. The lowest BCUT2D eigenvalue weighted by Gasteiger charge is -2.15. The van der Waals surface area contributed by atoms with Crippen LogP contribution in [-0.2, 0) is 0 Å². The second-order valence-corrected chi connectivity index (χ2v) is 5.41. The summed E-state index contributed by atoms with van der Waals surface area (Å²) in [6.45, 7) is 3.00. The van der Waals surface area contributed by atoms with E-state index in [1.807, 2.05) is 0 Å². The van der Waals surface area contributed by atoms with Gasteiger partial charge >= 0.3 is 0 Å². The number of rotatable bonds is 6. The average molecular weight is 256 g/mol. The number of quaternary nitrogens is 1. The molecular weight excluding hydrogens is 230 g/mol. The van der Waals surface area contributed by atoms with Crippen molar-refractivity contribution in [1.82, 2.24) is 10.6 Å². The number of likely N-dealkylation sites (N-methyl/N-ethyl adjacent to an activating group) is 1. The number of nitrogens with one attached hydrogen (secondary N) is 3. The van der Waals surface area contributed by atoms with E-state index in [2.05, 4.69) is 30.8 Å². The molecule has 0 heterocycles. The van der Waals surface area contributed by atoms with Gasteiger partial charge in [0, 0.05) is 6.54 Å². The van der Waals surface area contributed by atoms with E-state index in [-0.39, 0.29) is 0 Å². The summed E-state index contributed by atoms with van der Waals surface area (Å²) in [7, 11) is 4.29. The summed E-state index contributed by atoms with van der Waals surface area (Å²) in [6.07, 6.45) is 8.82. The average Bonchev–Trinajstić information content (AvgIpc) is 2.30. The molecule has 0 radical (unpaired) electrons. The van der Waals surface area contributed by atoms with E-state index in [1.54, 1.807) is 5.57 Å². The summed E-state index contributed by atoms with van der Waals surface area (Å²) < 4.78 is 0. The molecule has 0 aromatic heterocycles. The van der Waals surface area contributed by atoms with Crippen LogP contribution in [0.4, 0.5) is 0 Å². The van der Waals surface area contributed by atoms with Gasteiger partial charge in [0.2, 0.25) is 0 Å². The Kier molecular flexibility index (Phi) is 7.21. The second-order valence-electron chi connectivity index (χ2n) is 5.00. The van der Waals surface area contributed by atoms with Crippen molar-refractivity contribution < 1.29 is 4.90 Å². The van der Waals surface area contributed by atoms with Crippen LogP contribution in [0.2, 0.25) is 0 Å². The van der Waals surface area contributed by atoms with Gasteiger partial charge in [-0.05, 0) is 44.3 Å². The van der Waals surface area contributed by atoms with Crippen LogP contribution in [-0.4, -0.2) is 38.8 Å². The lowest BCUT2D eigenvalue weighted by molar-refractivity contribution is -0.856. The lowest BCUT2D eigenvalue weighted by Crippen LogP contribution is -3.06. The van der Waals surface area contributed by atoms with E-state index in [9.17, 15) is 0 Å². The minimum atomic E-state index is 0.794. The molecule has 0 amide bonds. The number of hydrogen-bond acceptors (Lipinski definition) is 1. The summed E-state index contributed by atoms with van der Waals surface area (Å²) in [5.41, 5.74) is 1.60. The summed E-state index contributed by atoms with van der Waals surface area (Å²) >= 11 is 5.22. The van der Waals surface area contributed by atoms with Gasteiger partial charge in [0.1, 0.15) is 0 Å². The van der Waals surface area contributed by atoms with Crippen molar-refractivity contribution in [1.29, 1.82) is 0 Å². The van der Waals surface area contributed by atoms with Gasteiger partial charge in [-0.15, -0.1) is 0 Å². The first kappa shape index (κ1) is 14.5. The Balaban J connectivity index is 2.01. The molecule has 17 heavy (non-hydrogen) atoms. The summed E-state index contributed by atoms with van der Waals surface area (Å²) in [5, 5.41) is 7.30. The van der Waals surface area contributed by atoms with Crippen LogP contribution in [0.1, 0.15) is 32.1 Å². The molecule has 1 aliphatic rings. The molecule has 0 aromatic rings. The molecule has 0 unspecified atom stereocenters. The SMILES string of the molecule is C[NH+](C)CCNC(=S)NCCC1=CCCCC1. The van der Waals surface area contributed by atoms with E-state index >= 15 is 0 Å². The molecular formula is C13H26N3S+. The zero-order valence-corrected chi connectivity index (χ0v) is 12.0. The van der Waals surface area contributed by atoms with Gasteiger partial charge in [0.25, 0.3) is 0 Å². The minimum Gasteiger partial charge on any atom is -0.362 e. The highest BCUT2D eigenvalue weighted by atomic mass is 32.1. The molecule has 0 spiro atoms. The highest BCUT2D eigenvalue weighted by molar-refractivity contribution is 7.80. The normalized spacial score (nSPS) is 15.6. The molecule has 4 heteroatoms. The third kappa shape index (κ3) is 7.34. The molecule has 1 aliphatic carbocycles. The van der Waals surface area contributed by atoms with Crippen LogP contribution >= 0.6 is 12.2 Å². The second kappa shape index (κ2) is 8.48. The van der Waals surface area contributed by atoms with Gasteiger partial charge in [-0.1, -0.05) is 11.6 Å². The van der Waals surface area contributed by atoms with Gasteiger partial charge in [0.15, 0.2) is 5.11 Å². The van der Waals surface area contributed by atoms with Crippen molar-refractivity contribution >= 4 is 17.3 Å². The Bertz CT molecular complexity index is 261. The summed E-state index contributed by atoms with van der Waals surface area (Å²) in [6, 6.07) is 0. The molecule has 0 atom stereocenters. The highest BCUT2D eigenvalue weighted by Crippen LogP contribution is 2.19. The number of thiocarbonyl (C=S) groups is 1. The zero-order valence-electron chi connectivity index (χ0n) is 11.1. The van der Waals surface area contributed by atoms with Crippen molar-refractivity contribution in [3.05, 3.63) is 11.6 Å². The maximum absolute atomic E-state index is 5.22. The van der Waals surface area contributed by atoms with Crippen LogP contribution in [0.3, 0.4) is 0 Å². The van der Waals surface area contributed by atoms with Crippen molar-refractivity contribution in [2.45, 2.75) is 32.1 Å². The molecule has 0 saturated heterocycles. The molecule has 0 fully saturated rings. The Morgan fingerprint density at radius 1 is 1.29 bits per heavy atom. The standard InChI is InChI=1S/C13H25N3S/c1-16(2)11-10-15-13(17)14-9-8-12-6-4-3-5-7-12/h6H,3-5,7-11H2,1-2H3,(H2,14,15,17)/p+1. The van der Waals surface area contributed by atoms with E-state index in [0.29, 0.717) is 0 Å². The predicted molar refractivity (Wildman–Crippen MR) is 77.4 cm³/mol. The maximum Gasteiger partial charge on any atom is 0.166 e. The van der Waals surface area contributed by atoms with Gasteiger partial charge in [-0.3, -0.25) is 0 Å². The molecule has 3 nitrogen and oxygen atoms in total. The fraction of sp³-hybridized carbons (Fsp3) is 0.769. The Morgan fingerprint density at radius 3 is 2.71 bits per heavy atom. The number of hydrogen-bond donors (Lipinski definition) is 3. The zero-order chi connectivity index (χ0) is 12.5. The third-order valence-corrected chi connectivity index (χ3v) is 3.32. The fourth-order valence-corrected chi connectivity index (χ4v) is 2.16. The van der Waals surface area contributed by atoms with Crippen LogP contribution in [0.5, 0.6) is 0 Å². The first-order chi connectivity index (χ1) is 8.18. The molecule has 98 valence electrons. The third-order valence-electron chi connectivity index (χ3n) is 3.03. The topological polar surface area (TPSA) is 28.5 Å². The maximum atomic E-state index is 5.22. The van der Waals surface area contributed by atoms with Gasteiger partial charge in [0.05, 0.1) is 27.2 Å². The molecule has 3 N–H and O–H groups in total. The molecule has 0 saturated carbocycles. The Hall–Kier alpha value is -0.610. The summed E-state index contributed by atoms with van der Waals surface area (Å²) in [4.78, 5) is 1.44. The largest absolute Gasteiger partial charge is 0.362 e. The molecule has 0 aromatic carbocycles. The van der Waals surface area contributed by atoms with Crippen molar-refractivity contribution in [3.8, 4) is 0 Å². The quantitative estimate of drug-likeness (QED) is 0.477. The highest BCUT2D eigenvalue weighted by Gasteiger charge is 2.03. The summed E-state index contributed by atoms with van der Waals surface area (Å²) in [5.74, 6) is 0. The van der Waals surface area contributed by atoms with Crippen LogP contribution < -0.4 is 15.5 Å². The fourth-order valence-electron chi connectivity index (χ4n) is 1.96. The van der Waals surface area contributed by atoms with Crippen LogP contribution in [0.25, 0.3) is 0 Å². The number of allylic oxidation sites excluding steroid dienone is 1. The van der Waals surface area contributed by atoms with Gasteiger partial charge in [-0.25, -0.2) is 0 Å². The van der Waals surface area contributed by atoms with Crippen molar-refractivity contribution in [2.75, 3.05) is 33.7 Å². The predicted octanol–water partition coefficient (Wildman–Crippen LogP) is 0.486. The van der Waals surface area contributed by atoms with E-state index in [4.69, 9.17) is 12.2 Å². The van der Waals surface area contributed by atoms with E-state index < -0.39 is 0 Å². The molecule has 1 rings (SSSR count). The molecule has 0 bridgehead atoms. The smallest absolute Gasteiger partial charge is 0.166 e. The van der Waals surface area contributed by atoms with E-state index in [1.165, 1.54) is 30.6 Å². The van der Waals surface area contributed by atoms with Crippen molar-refractivity contribution in [2.24, 2.45) is 0 Å². The monoisotopic (exact) mass is 256 g/mol. The van der Waals surface area contributed by atoms with Crippen LogP contribution in [0.15, 0.2) is 11.6 Å². The Morgan fingerprint density at radius 2 is 2.06 bits per heavy atom. The minimum absolute atomic E-state index is 0.794. The Labute approximate surface area is 111 Å². The first-order valence-corrected chi connectivity index (χ1v) is 7.08. The van der Waals surface area contributed by atoms with Gasteiger partial charge in [-0.2, -0.15) is 0 Å². The molecule has 0 aliphatic heterocycles. The van der Waals surface area contributed by atoms with Gasteiger partial charge < -0.3 is 15.5 Å². The lowest BCUT2D eigenvalue weighted by atomic mass is 9.97. The van der Waals surface area contributed by atoms with E-state index in [0.717, 1.165) is 31.2 Å². The van der Waals surface area contributed by atoms with Crippen molar-refractivity contribution in [3.63, 3.8) is 0 Å².